The maximum atomic E-state index is 14.3. The van der Waals surface area contributed by atoms with Crippen molar-refractivity contribution in [1.29, 1.82) is 0 Å². The minimum absolute atomic E-state index is 0.00570. The monoisotopic (exact) mass is 592 g/mol. The molecular formula is C31H30Cl2N4O4. The Hall–Kier alpha value is -4.01. The summed E-state index contributed by atoms with van der Waals surface area (Å²) in [6.45, 7) is 5.47. The largest absolute Gasteiger partial charge is 0.495 e. The number of carbonyl (C=O) groups is 1. The lowest BCUT2D eigenvalue weighted by atomic mass is 10.0. The van der Waals surface area contributed by atoms with Crippen LogP contribution in [0, 0.1) is 6.92 Å². The molecule has 1 aliphatic rings. The summed E-state index contributed by atoms with van der Waals surface area (Å²) in [6, 6.07) is 10.8. The van der Waals surface area contributed by atoms with E-state index < -0.39 is 0 Å². The van der Waals surface area contributed by atoms with E-state index in [9.17, 15) is 9.59 Å². The SMILES string of the molecule is C=CC(=O)Nc1cccc(C)c1Nc1cc2c(cn1)cc(-c1c(Cl)c(OC)cc(OC)c1Cl)c(=O)n2C1CCCC1. The molecule has 1 aliphatic carbocycles. The number of nitrogens with one attached hydrogen (secondary N) is 2. The standard InChI is InChI=1S/C31H30Cl2N4O4/c1-5-26(38)35-21-12-8-9-17(2)30(21)36-25-14-22-18(16-34-25)13-20(31(39)37(22)19-10-6-7-11-19)27-28(32)23(40-3)15-24(41-4)29(27)33/h5,8-9,12-16,19H,1,6-7,10-11H2,2-4H3,(H,34,36)(H,35,38). The number of hydrogen-bond acceptors (Lipinski definition) is 6. The van der Waals surface area contributed by atoms with E-state index in [1.807, 2.05) is 29.7 Å². The molecule has 10 heteroatoms. The summed E-state index contributed by atoms with van der Waals surface area (Å²) in [6.07, 6.45) is 6.75. The molecule has 4 aromatic rings. The quantitative estimate of drug-likeness (QED) is 0.204. The highest BCUT2D eigenvalue weighted by Gasteiger charge is 2.26. The molecule has 0 bridgehead atoms. The number of anilines is 3. The highest BCUT2D eigenvalue weighted by molar-refractivity contribution is 6.41. The van der Waals surface area contributed by atoms with Gasteiger partial charge in [0.15, 0.2) is 0 Å². The van der Waals surface area contributed by atoms with Crippen LogP contribution in [0.1, 0.15) is 37.3 Å². The Morgan fingerprint density at radius 1 is 1.10 bits per heavy atom. The molecule has 2 aromatic heterocycles. The van der Waals surface area contributed by atoms with Gasteiger partial charge in [-0.3, -0.25) is 9.59 Å². The van der Waals surface area contributed by atoms with Gasteiger partial charge < -0.3 is 24.7 Å². The second-order valence-corrected chi connectivity index (χ2v) is 10.7. The van der Waals surface area contributed by atoms with Crippen molar-refractivity contribution in [3.05, 3.63) is 81.2 Å². The molecule has 0 aliphatic heterocycles. The maximum absolute atomic E-state index is 14.3. The van der Waals surface area contributed by atoms with E-state index in [1.165, 1.54) is 20.3 Å². The smallest absolute Gasteiger partial charge is 0.259 e. The van der Waals surface area contributed by atoms with Gasteiger partial charge in [-0.25, -0.2) is 4.98 Å². The van der Waals surface area contributed by atoms with Crippen molar-refractivity contribution in [3.63, 3.8) is 0 Å². The zero-order chi connectivity index (χ0) is 29.3. The molecule has 0 spiro atoms. The first-order valence-electron chi connectivity index (χ1n) is 13.2. The average molecular weight is 594 g/mol. The number of benzene rings is 2. The molecule has 0 unspecified atom stereocenters. The van der Waals surface area contributed by atoms with Crippen molar-refractivity contribution < 1.29 is 14.3 Å². The van der Waals surface area contributed by atoms with Gasteiger partial charge in [0, 0.05) is 35.3 Å². The van der Waals surface area contributed by atoms with Gasteiger partial charge in [-0.2, -0.15) is 0 Å². The van der Waals surface area contributed by atoms with Gasteiger partial charge in [0.1, 0.15) is 17.3 Å². The van der Waals surface area contributed by atoms with Crippen LogP contribution in [-0.2, 0) is 4.79 Å². The number of amides is 1. The topological polar surface area (TPSA) is 94.5 Å². The van der Waals surface area contributed by atoms with Crippen LogP contribution in [0.4, 0.5) is 17.2 Å². The third kappa shape index (κ3) is 5.37. The molecule has 2 N–H and O–H groups in total. The molecule has 0 atom stereocenters. The van der Waals surface area contributed by atoms with Crippen molar-refractivity contribution in [2.75, 3.05) is 24.9 Å². The first-order chi connectivity index (χ1) is 19.8. The molecule has 41 heavy (non-hydrogen) atoms. The fourth-order valence-corrected chi connectivity index (χ4v) is 6.08. The predicted molar refractivity (Wildman–Crippen MR) is 165 cm³/mol. The number of nitrogens with zero attached hydrogens (tertiary/aromatic N) is 2. The zero-order valence-electron chi connectivity index (χ0n) is 23.0. The van der Waals surface area contributed by atoms with Crippen LogP contribution in [0.3, 0.4) is 0 Å². The molecule has 1 amide bonds. The zero-order valence-corrected chi connectivity index (χ0v) is 24.5. The molecule has 2 aromatic carbocycles. The summed E-state index contributed by atoms with van der Waals surface area (Å²) in [7, 11) is 2.99. The van der Waals surface area contributed by atoms with Gasteiger partial charge in [0.2, 0.25) is 5.91 Å². The third-order valence-electron chi connectivity index (χ3n) is 7.42. The molecule has 212 valence electrons. The van der Waals surface area contributed by atoms with Crippen LogP contribution in [0.15, 0.2) is 60.0 Å². The van der Waals surface area contributed by atoms with Crippen molar-refractivity contribution in [1.82, 2.24) is 9.55 Å². The van der Waals surface area contributed by atoms with E-state index in [1.54, 1.807) is 24.4 Å². The van der Waals surface area contributed by atoms with E-state index >= 15 is 0 Å². The van der Waals surface area contributed by atoms with Crippen molar-refractivity contribution in [3.8, 4) is 22.6 Å². The van der Waals surface area contributed by atoms with Gasteiger partial charge in [-0.05, 0) is 43.5 Å². The van der Waals surface area contributed by atoms with Gasteiger partial charge >= 0.3 is 0 Å². The number of pyridine rings is 2. The first kappa shape index (κ1) is 28.5. The Morgan fingerprint density at radius 2 is 1.78 bits per heavy atom. The minimum atomic E-state index is -0.320. The molecular weight excluding hydrogens is 563 g/mol. The van der Waals surface area contributed by atoms with Crippen molar-refractivity contribution in [2.24, 2.45) is 0 Å². The van der Waals surface area contributed by atoms with Crippen LogP contribution in [0.2, 0.25) is 10.0 Å². The van der Waals surface area contributed by atoms with E-state index in [4.69, 9.17) is 32.7 Å². The first-order valence-corrected chi connectivity index (χ1v) is 14.0. The Kier molecular flexibility index (Phi) is 8.24. The summed E-state index contributed by atoms with van der Waals surface area (Å²) in [5.74, 6) is 0.910. The average Bonchev–Trinajstić information content (AvgIpc) is 3.50. The fourth-order valence-electron chi connectivity index (χ4n) is 5.38. The molecule has 8 nitrogen and oxygen atoms in total. The summed E-state index contributed by atoms with van der Waals surface area (Å²) < 4.78 is 12.7. The Labute approximate surface area is 247 Å². The summed E-state index contributed by atoms with van der Waals surface area (Å²) >= 11 is 13.5. The van der Waals surface area contributed by atoms with Crippen molar-refractivity contribution >= 4 is 57.2 Å². The van der Waals surface area contributed by atoms with Crippen molar-refractivity contribution in [2.45, 2.75) is 38.6 Å². The second kappa shape index (κ2) is 11.8. The summed E-state index contributed by atoms with van der Waals surface area (Å²) in [5, 5.41) is 7.38. The lowest BCUT2D eigenvalue weighted by Crippen LogP contribution is -2.25. The van der Waals surface area contributed by atoms with Crippen LogP contribution in [0.25, 0.3) is 22.0 Å². The maximum Gasteiger partial charge on any atom is 0.259 e. The van der Waals surface area contributed by atoms with Gasteiger partial charge in [-0.15, -0.1) is 0 Å². The molecule has 1 saturated carbocycles. The van der Waals surface area contributed by atoms with Gasteiger partial charge in [-0.1, -0.05) is 54.8 Å². The van der Waals surface area contributed by atoms with Gasteiger partial charge in [0.05, 0.1) is 46.7 Å². The summed E-state index contributed by atoms with van der Waals surface area (Å²) in [5.41, 5.74) is 3.42. The number of fused-ring (bicyclic) bond motifs is 1. The third-order valence-corrected chi connectivity index (χ3v) is 8.17. The van der Waals surface area contributed by atoms with E-state index in [2.05, 4.69) is 22.2 Å². The minimum Gasteiger partial charge on any atom is -0.495 e. The number of methoxy groups -OCH3 is 2. The Balaban J connectivity index is 1.70. The second-order valence-electron chi connectivity index (χ2n) is 9.90. The Morgan fingerprint density at radius 3 is 2.41 bits per heavy atom. The molecule has 1 fully saturated rings. The van der Waals surface area contributed by atoms with Crippen LogP contribution in [-0.4, -0.2) is 29.7 Å². The van der Waals surface area contributed by atoms with Crippen LogP contribution >= 0.6 is 23.2 Å². The normalized spacial score (nSPS) is 13.3. The summed E-state index contributed by atoms with van der Waals surface area (Å²) in [4.78, 5) is 31.0. The number of ether oxygens (including phenoxy) is 2. The highest BCUT2D eigenvalue weighted by Crippen LogP contribution is 2.46. The lowest BCUT2D eigenvalue weighted by molar-refractivity contribution is -0.111. The van der Waals surface area contributed by atoms with Gasteiger partial charge in [0.25, 0.3) is 5.56 Å². The highest BCUT2D eigenvalue weighted by atomic mass is 35.5. The van der Waals surface area contributed by atoms with E-state index in [-0.39, 0.29) is 27.6 Å². The predicted octanol–water partition coefficient (Wildman–Crippen LogP) is 7.68. The number of hydrogen-bond donors (Lipinski definition) is 2. The number of halogens is 2. The number of aryl methyl sites for hydroxylation is 1. The lowest BCUT2D eigenvalue weighted by Gasteiger charge is -2.21. The molecule has 0 radical (unpaired) electrons. The van der Waals surface area contributed by atoms with Crippen LogP contribution in [0.5, 0.6) is 11.5 Å². The number of carbonyl (C=O) groups excluding carboxylic acids is 1. The Bertz CT molecular complexity index is 1700. The van der Waals surface area contributed by atoms with E-state index in [0.717, 1.165) is 42.1 Å². The molecule has 5 rings (SSSR count). The van der Waals surface area contributed by atoms with E-state index in [0.29, 0.717) is 39.8 Å². The molecule has 0 saturated heterocycles. The number of aromatic nitrogens is 2. The fraction of sp³-hybridized carbons (Fsp3) is 0.258. The molecule has 2 heterocycles. The van der Waals surface area contributed by atoms with Crippen LogP contribution < -0.4 is 25.7 Å². The number of rotatable bonds is 8. The number of para-hydroxylation sites is 1.